The Hall–Kier alpha value is -2.17. The van der Waals surface area contributed by atoms with Crippen molar-refractivity contribution in [2.24, 2.45) is 0 Å². The summed E-state index contributed by atoms with van der Waals surface area (Å²) in [5.74, 6) is -0.0468. The van der Waals surface area contributed by atoms with Crippen molar-refractivity contribution in [3.63, 3.8) is 0 Å². The topological polar surface area (TPSA) is 39.4 Å². The first-order valence-electron chi connectivity index (χ1n) is 10.2. The number of alkyl halides is 1. The van der Waals surface area contributed by atoms with Crippen LogP contribution in [0.1, 0.15) is 63.5 Å². The molecule has 0 N–H and O–H groups in total. The number of halogens is 2. The molecule has 0 aliphatic rings. The molecule has 28 heavy (non-hydrogen) atoms. The highest BCUT2D eigenvalue weighted by molar-refractivity contribution is 5.83. The van der Waals surface area contributed by atoms with Gasteiger partial charge in [0, 0.05) is 6.42 Å². The Labute approximate surface area is 165 Å². The van der Waals surface area contributed by atoms with Gasteiger partial charge in [-0.25, -0.2) is 9.18 Å². The number of rotatable bonds is 14. The van der Waals surface area contributed by atoms with Gasteiger partial charge in [0.25, 0.3) is 0 Å². The molecule has 2 aromatic rings. The molecule has 5 heteroatoms. The third-order valence-corrected chi connectivity index (χ3v) is 4.76. The first-order valence-corrected chi connectivity index (χ1v) is 10.2. The van der Waals surface area contributed by atoms with Crippen LogP contribution in [0.25, 0.3) is 10.8 Å². The van der Waals surface area contributed by atoms with E-state index in [1.807, 2.05) is 0 Å². The zero-order valence-electron chi connectivity index (χ0n) is 16.5. The summed E-state index contributed by atoms with van der Waals surface area (Å²) in [6.45, 7) is 3.83. The Morgan fingerprint density at radius 1 is 1.04 bits per heavy atom. The van der Waals surface area contributed by atoms with Crippen molar-refractivity contribution in [1.82, 2.24) is 0 Å². The van der Waals surface area contributed by atoms with Gasteiger partial charge in [-0.2, -0.15) is 0 Å². The van der Waals surface area contributed by atoms with Gasteiger partial charge < -0.3 is 9.15 Å². The number of allylic oxidation sites excluding steroid dienone is 1. The fourth-order valence-electron chi connectivity index (χ4n) is 3.19. The molecule has 1 aromatic carbocycles. The Bertz CT molecular complexity index is 798. The summed E-state index contributed by atoms with van der Waals surface area (Å²) in [5, 5.41) is 0.459. The second-order valence-electron chi connectivity index (χ2n) is 7.04. The van der Waals surface area contributed by atoms with Crippen LogP contribution in [0, 0.1) is 5.82 Å². The molecule has 3 nitrogen and oxygen atoms in total. The second kappa shape index (κ2) is 12.3. The minimum atomic E-state index is -0.674. The van der Waals surface area contributed by atoms with Crippen LogP contribution in [0.15, 0.2) is 40.1 Å². The van der Waals surface area contributed by atoms with Gasteiger partial charge in [-0.3, -0.25) is 4.39 Å². The summed E-state index contributed by atoms with van der Waals surface area (Å²) in [6, 6.07) is 4.96. The molecule has 0 fully saturated rings. The van der Waals surface area contributed by atoms with E-state index in [1.165, 1.54) is 0 Å². The van der Waals surface area contributed by atoms with Gasteiger partial charge in [-0.15, -0.1) is 6.58 Å². The highest BCUT2D eigenvalue weighted by Gasteiger charge is 2.14. The van der Waals surface area contributed by atoms with Crippen molar-refractivity contribution in [2.45, 2.75) is 64.2 Å². The van der Waals surface area contributed by atoms with Crippen molar-refractivity contribution in [3.8, 4) is 5.75 Å². The molecule has 154 valence electrons. The lowest BCUT2D eigenvalue weighted by atomic mass is 10.1. The maximum absolute atomic E-state index is 14.7. The van der Waals surface area contributed by atoms with Gasteiger partial charge in [0.15, 0.2) is 11.6 Å². The summed E-state index contributed by atoms with van der Waals surface area (Å²) >= 11 is 0. The predicted molar refractivity (Wildman–Crippen MR) is 109 cm³/mol. The first kappa shape index (κ1) is 22.1. The van der Waals surface area contributed by atoms with Crippen molar-refractivity contribution in [2.75, 3.05) is 13.3 Å². The van der Waals surface area contributed by atoms with Gasteiger partial charge in [0.05, 0.1) is 13.3 Å². The van der Waals surface area contributed by atoms with Crippen LogP contribution in [-0.4, -0.2) is 13.3 Å². The van der Waals surface area contributed by atoms with Gasteiger partial charge in [0.2, 0.25) is 0 Å². The molecule has 0 bridgehead atoms. The largest absolute Gasteiger partial charge is 0.490 e. The summed E-state index contributed by atoms with van der Waals surface area (Å²) in [4.78, 5) is 12.2. The number of hydrogen-bond acceptors (Lipinski definition) is 3. The second-order valence-corrected chi connectivity index (χ2v) is 7.04. The van der Waals surface area contributed by atoms with E-state index < -0.39 is 11.4 Å². The fraction of sp³-hybridized carbons (Fsp3) is 0.522. The van der Waals surface area contributed by atoms with Crippen LogP contribution in [0.5, 0.6) is 5.75 Å². The number of fused-ring (bicyclic) bond motifs is 1. The molecule has 0 atom stereocenters. The number of unbranched alkanes of at least 4 members (excludes halogenated alkanes) is 7. The Morgan fingerprint density at radius 3 is 2.39 bits per heavy atom. The van der Waals surface area contributed by atoms with Crippen molar-refractivity contribution in [3.05, 3.63) is 52.9 Å². The monoisotopic (exact) mass is 392 g/mol. The summed E-state index contributed by atoms with van der Waals surface area (Å²) in [6.07, 6.45) is 10.9. The van der Waals surface area contributed by atoms with Crippen LogP contribution < -0.4 is 10.4 Å². The maximum Gasteiger partial charge on any atom is 0.346 e. The van der Waals surface area contributed by atoms with E-state index in [0.29, 0.717) is 37.0 Å². The summed E-state index contributed by atoms with van der Waals surface area (Å²) < 4.78 is 37.4. The molecule has 0 spiro atoms. The fourth-order valence-corrected chi connectivity index (χ4v) is 3.19. The van der Waals surface area contributed by atoms with Crippen molar-refractivity contribution < 1.29 is 17.9 Å². The molecule has 0 saturated heterocycles. The van der Waals surface area contributed by atoms with Crippen LogP contribution >= 0.6 is 0 Å². The normalized spacial score (nSPS) is 11.1. The van der Waals surface area contributed by atoms with Crippen LogP contribution in [0.3, 0.4) is 0 Å². The maximum atomic E-state index is 14.7. The average molecular weight is 392 g/mol. The molecule has 1 aromatic heterocycles. The molecule has 0 saturated carbocycles. The van der Waals surface area contributed by atoms with E-state index in [2.05, 4.69) is 6.58 Å². The minimum Gasteiger partial charge on any atom is -0.490 e. The molecular weight excluding hydrogens is 362 g/mol. The van der Waals surface area contributed by atoms with Crippen molar-refractivity contribution >= 4 is 10.8 Å². The zero-order valence-corrected chi connectivity index (χ0v) is 16.5. The molecule has 0 radical (unpaired) electrons. The lowest BCUT2D eigenvalue weighted by Gasteiger charge is -2.09. The Morgan fingerprint density at radius 2 is 1.71 bits per heavy atom. The van der Waals surface area contributed by atoms with E-state index in [-0.39, 0.29) is 17.8 Å². The number of benzene rings is 1. The van der Waals surface area contributed by atoms with Gasteiger partial charge in [-0.1, -0.05) is 50.7 Å². The summed E-state index contributed by atoms with van der Waals surface area (Å²) in [7, 11) is 0. The van der Waals surface area contributed by atoms with E-state index in [1.54, 1.807) is 24.3 Å². The average Bonchev–Trinajstić information content (AvgIpc) is 2.69. The molecule has 1 heterocycles. The van der Waals surface area contributed by atoms with Crippen LogP contribution in [0.4, 0.5) is 8.78 Å². The lowest BCUT2D eigenvalue weighted by Crippen LogP contribution is -2.07. The molecule has 0 amide bonds. The highest BCUT2D eigenvalue weighted by Crippen LogP contribution is 2.25. The van der Waals surface area contributed by atoms with E-state index >= 15 is 0 Å². The van der Waals surface area contributed by atoms with Crippen LogP contribution in [-0.2, 0) is 6.42 Å². The minimum absolute atomic E-state index is 0.0619. The summed E-state index contributed by atoms with van der Waals surface area (Å²) in [5.41, 5.74) is -0.674. The highest BCUT2D eigenvalue weighted by atomic mass is 19.1. The molecule has 0 unspecified atom stereocenters. The van der Waals surface area contributed by atoms with Crippen LogP contribution in [0.2, 0.25) is 0 Å². The van der Waals surface area contributed by atoms with E-state index in [0.717, 1.165) is 44.9 Å². The van der Waals surface area contributed by atoms with Crippen molar-refractivity contribution in [1.29, 1.82) is 0 Å². The van der Waals surface area contributed by atoms with E-state index in [4.69, 9.17) is 9.15 Å². The number of ether oxygens (including phenoxy) is 1. The standard InChI is InChI=1S/C23H30F2O3/c1-2-3-12-19-17-18-13-14-20(22(25)21(18)23(26)28-19)27-16-11-9-7-5-4-6-8-10-15-24/h2,13-14,17H,1,3-12,15-16H2. The van der Waals surface area contributed by atoms with Gasteiger partial charge >= 0.3 is 5.63 Å². The molecule has 0 aliphatic heterocycles. The number of aryl methyl sites for hydroxylation is 1. The molecule has 0 aliphatic carbocycles. The van der Waals surface area contributed by atoms with Gasteiger partial charge in [0.1, 0.15) is 11.1 Å². The van der Waals surface area contributed by atoms with Gasteiger partial charge in [-0.05, 0) is 36.8 Å². The molecule has 2 rings (SSSR count). The Kier molecular flexibility index (Phi) is 9.73. The lowest BCUT2D eigenvalue weighted by molar-refractivity contribution is 0.290. The smallest absolute Gasteiger partial charge is 0.346 e. The zero-order chi connectivity index (χ0) is 20.2. The SMILES string of the molecule is C=CCCc1cc2ccc(OCCCCCCCCCCF)c(F)c2c(=O)o1. The van der Waals surface area contributed by atoms with E-state index in [9.17, 15) is 13.6 Å². The first-order chi connectivity index (χ1) is 13.7. The third-order valence-electron chi connectivity index (χ3n) is 4.76. The third kappa shape index (κ3) is 6.77. The Balaban J connectivity index is 1.82. The predicted octanol–water partition coefficient (Wildman–Crippen LogP) is 6.52. The quantitative estimate of drug-likeness (QED) is 0.271. The molecular formula is C23H30F2O3. The number of hydrogen-bond donors (Lipinski definition) is 0.